The summed E-state index contributed by atoms with van der Waals surface area (Å²) < 4.78 is 33.3. The molecule has 15 heteroatoms. The minimum atomic E-state index is -1.78. The van der Waals surface area contributed by atoms with Crippen molar-refractivity contribution in [3.05, 3.63) is 12.2 Å². The van der Waals surface area contributed by atoms with E-state index < -0.39 is 92.0 Å². The summed E-state index contributed by atoms with van der Waals surface area (Å²) in [6.45, 7) is 7.58. The van der Waals surface area contributed by atoms with Gasteiger partial charge >= 0.3 is 17.9 Å². The third-order valence-corrected chi connectivity index (χ3v) is 9.18. The Balaban J connectivity index is 1.82. The quantitative estimate of drug-likeness (QED) is 0.0450. The van der Waals surface area contributed by atoms with Crippen LogP contribution in [0.25, 0.3) is 0 Å². The molecule has 0 bridgehead atoms. The van der Waals surface area contributed by atoms with E-state index in [0.29, 0.717) is 6.42 Å². The molecular formula is C36H62O15. The van der Waals surface area contributed by atoms with E-state index in [1.54, 1.807) is 0 Å². The lowest BCUT2D eigenvalue weighted by Gasteiger charge is -2.46. The lowest BCUT2D eigenvalue weighted by Crippen LogP contribution is -2.65. The van der Waals surface area contributed by atoms with Crippen LogP contribution in [0.5, 0.6) is 0 Å². The fourth-order valence-electron chi connectivity index (χ4n) is 6.14. The Labute approximate surface area is 301 Å². The van der Waals surface area contributed by atoms with E-state index in [1.807, 2.05) is 6.92 Å². The molecule has 0 aliphatic carbocycles. The van der Waals surface area contributed by atoms with E-state index in [-0.39, 0.29) is 13.0 Å². The Morgan fingerprint density at radius 2 is 1.08 bits per heavy atom. The monoisotopic (exact) mass is 734 g/mol. The number of hydrogen-bond acceptors (Lipinski definition) is 14. The number of carboxylic acids is 1. The molecule has 2 fully saturated rings. The van der Waals surface area contributed by atoms with Crippen LogP contribution in [0, 0.1) is 0 Å². The van der Waals surface area contributed by atoms with Crippen molar-refractivity contribution < 1.29 is 73.4 Å². The lowest BCUT2D eigenvalue weighted by atomic mass is 9.97. The number of allylic oxidation sites excluding steroid dienone is 1. The van der Waals surface area contributed by atoms with Crippen molar-refractivity contribution in [2.24, 2.45) is 0 Å². The molecule has 51 heavy (non-hydrogen) atoms. The normalized spacial score (nSPS) is 30.0. The van der Waals surface area contributed by atoms with Crippen LogP contribution in [0.1, 0.15) is 117 Å². The van der Waals surface area contributed by atoms with Crippen molar-refractivity contribution in [3.63, 3.8) is 0 Å². The molecule has 2 heterocycles. The summed E-state index contributed by atoms with van der Waals surface area (Å²) in [5.74, 6) is -2.00. The molecular weight excluding hydrogens is 672 g/mol. The van der Waals surface area contributed by atoms with E-state index in [9.17, 15) is 39.9 Å². The summed E-state index contributed by atoms with van der Waals surface area (Å²) in [6, 6.07) is 0. The van der Waals surface area contributed by atoms with Gasteiger partial charge in [-0.1, -0.05) is 63.5 Å². The first-order chi connectivity index (χ1) is 24.2. The van der Waals surface area contributed by atoms with Crippen LogP contribution >= 0.6 is 0 Å². The molecule has 0 aromatic rings. The zero-order valence-electron chi connectivity index (χ0n) is 30.4. The van der Waals surface area contributed by atoms with Crippen molar-refractivity contribution in [1.29, 1.82) is 0 Å². The van der Waals surface area contributed by atoms with Crippen LogP contribution in [0.3, 0.4) is 0 Å². The maximum absolute atomic E-state index is 11.4. The number of ether oxygens (including phenoxy) is 6. The van der Waals surface area contributed by atoms with Gasteiger partial charge in [-0.15, -0.1) is 0 Å². The third kappa shape index (κ3) is 17.0. The summed E-state index contributed by atoms with van der Waals surface area (Å²) >= 11 is 0. The van der Waals surface area contributed by atoms with Gasteiger partial charge in [-0.2, -0.15) is 0 Å². The van der Waals surface area contributed by atoms with Crippen molar-refractivity contribution in [2.75, 3.05) is 13.2 Å². The molecule has 15 nitrogen and oxygen atoms in total. The first-order valence-electron chi connectivity index (χ1n) is 18.4. The molecule has 0 saturated carbocycles. The van der Waals surface area contributed by atoms with Crippen LogP contribution in [-0.2, 0) is 42.8 Å². The number of esters is 2. The molecule has 2 rings (SSSR count). The first-order valence-corrected chi connectivity index (χ1v) is 18.4. The Hall–Kier alpha value is -2.21. The van der Waals surface area contributed by atoms with Gasteiger partial charge < -0.3 is 59.1 Å². The Morgan fingerprint density at radius 3 is 1.59 bits per heavy atom. The summed E-state index contributed by atoms with van der Waals surface area (Å²) in [5, 5.41) is 61.9. The summed E-state index contributed by atoms with van der Waals surface area (Å²) in [5.41, 5.74) is 1.25. The number of rotatable bonds is 25. The molecule has 0 spiro atoms. The second-order valence-corrected chi connectivity index (χ2v) is 13.8. The predicted octanol–water partition coefficient (Wildman–Crippen LogP) is 2.65. The molecule has 2 aliphatic heterocycles. The average Bonchev–Trinajstić information content (AvgIpc) is 3.07. The highest BCUT2D eigenvalue weighted by Gasteiger charge is 2.51. The van der Waals surface area contributed by atoms with E-state index in [4.69, 9.17) is 33.5 Å². The van der Waals surface area contributed by atoms with E-state index in [1.165, 1.54) is 12.5 Å². The van der Waals surface area contributed by atoms with Crippen LogP contribution in [0.15, 0.2) is 12.2 Å². The minimum Gasteiger partial charge on any atom is -0.481 e. The summed E-state index contributed by atoms with van der Waals surface area (Å²) in [6.07, 6.45) is -1.51. The van der Waals surface area contributed by atoms with E-state index >= 15 is 0 Å². The van der Waals surface area contributed by atoms with Gasteiger partial charge in [-0.05, 0) is 45.4 Å². The van der Waals surface area contributed by atoms with Crippen LogP contribution < -0.4 is 0 Å². The van der Waals surface area contributed by atoms with Gasteiger partial charge in [0.1, 0.15) is 62.0 Å². The van der Waals surface area contributed by atoms with Crippen molar-refractivity contribution >= 4 is 17.9 Å². The standard InChI is InChI=1S/C36H62O15/c1-22(16-12-8-6-5-7-9-15-19-28(39)40)17-13-10-11-14-18-23(2)48-36-34(32(44)30(42)27(50-36)21-47-25(4)38)51-35-33(45)31(43)29(41)26(49-35)20-46-24(3)37/h23,26-27,29-36,41-45H,1,5-21H2,2-4H3,(H,39,40)/t23?,26?,27?,29-,30-,31?,32?,33?,34?,35+,36-/m1/s1. The number of aliphatic hydroxyl groups excluding tert-OH is 5. The highest BCUT2D eigenvalue weighted by atomic mass is 16.8. The highest BCUT2D eigenvalue weighted by Crippen LogP contribution is 2.31. The molecule has 0 amide bonds. The maximum Gasteiger partial charge on any atom is 0.303 e. The predicted molar refractivity (Wildman–Crippen MR) is 182 cm³/mol. The molecule has 0 aromatic heterocycles. The van der Waals surface area contributed by atoms with Gasteiger partial charge in [0.25, 0.3) is 0 Å². The molecule has 2 saturated heterocycles. The van der Waals surface area contributed by atoms with Gasteiger partial charge in [0, 0.05) is 20.3 Å². The van der Waals surface area contributed by atoms with Gasteiger partial charge in [0.2, 0.25) is 0 Å². The average molecular weight is 735 g/mol. The van der Waals surface area contributed by atoms with E-state index in [2.05, 4.69) is 6.58 Å². The topological polar surface area (TPSA) is 228 Å². The van der Waals surface area contributed by atoms with Gasteiger partial charge in [-0.25, -0.2) is 0 Å². The van der Waals surface area contributed by atoms with E-state index in [0.717, 1.165) is 90.4 Å². The largest absolute Gasteiger partial charge is 0.481 e. The van der Waals surface area contributed by atoms with Crippen molar-refractivity contribution in [2.45, 2.75) is 185 Å². The van der Waals surface area contributed by atoms with Gasteiger partial charge in [0.05, 0.1) is 6.10 Å². The zero-order valence-corrected chi connectivity index (χ0v) is 30.4. The van der Waals surface area contributed by atoms with Crippen LogP contribution in [-0.4, -0.2) is 129 Å². The zero-order chi connectivity index (χ0) is 37.9. The fraction of sp³-hybridized carbons (Fsp3) is 0.861. The molecule has 0 aromatic carbocycles. The molecule has 11 atom stereocenters. The van der Waals surface area contributed by atoms with Crippen LogP contribution in [0.4, 0.5) is 0 Å². The van der Waals surface area contributed by atoms with Gasteiger partial charge in [0.15, 0.2) is 12.6 Å². The first kappa shape index (κ1) is 44.9. The second-order valence-electron chi connectivity index (χ2n) is 13.8. The fourth-order valence-corrected chi connectivity index (χ4v) is 6.14. The minimum absolute atomic E-state index is 0.252. The Bertz CT molecular complexity index is 1040. The summed E-state index contributed by atoms with van der Waals surface area (Å²) in [7, 11) is 0. The smallest absolute Gasteiger partial charge is 0.303 e. The number of carbonyl (C=O) groups excluding carboxylic acids is 2. The number of carbonyl (C=O) groups is 3. The highest BCUT2D eigenvalue weighted by molar-refractivity contribution is 5.66. The Morgan fingerprint density at radius 1 is 0.627 bits per heavy atom. The van der Waals surface area contributed by atoms with Gasteiger partial charge in [-0.3, -0.25) is 14.4 Å². The Kier molecular flexibility index (Phi) is 21.3. The number of hydrogen-bond donors (Lipinski definition) is 6. The lowest BCUT2D eigenvalue weighted by molar-refractivity contribution is -0.371. The number of carboxylic acid groups (broad SMARTS) is 1. The second kappa shape index (κ2) is 24.2. The molecule has 6 N–H and O–H groups in total. The summed E-state index contributed by atoms with van der Waals surface area (Å²) in [4.78, 5) is 33.3. The SMILES string of the molecule is C=C(CCCCCCCCCC(=O)O)CCCCCCC(C)O[C@@H]1OC(COC(C)=O)[C@@H](O)C(O)C1O[C@@H]1OC(COC(C)=O)[C@@H](O)C(O)C1O. The molecule has 7 unspecified atom stereocenters. The number of aliphatic hydroxyl groups is 5. The molecule has 2 aliphatic rings. The number of aliphatic carboxylic acids is 1. The number of unbranched alkanes of at least 4 members (excludes halogenated alkanes) is 9. The van der Waals surface area contributed by atoms with Crippen molar-refractivity contribution in [1.82, 2.24) is 0 Å². The molecule has 296 valence electrons. The van der Waals surface area contributed by atoms with Crippen molar-refractivity contribution in [3.8, 4) is 0 Å². The van der Waals surface area contributed by atoms with Crippen LogP contribution in [0.2, 0.25) is 0 Å². The maximum atomic E-state index is 11.4. The molecule has 0 radical (unpaired) electrons. The third-order valence-electron chi connectivity index (χ3n) is 9.18.